The lowest BCUT2D eigenvalue weighted by molar-refractivity contribution is 0.491. The smallest absolute Gasteiger partial charge is 0.150 e. The Morgan fingerprint density at radius 3 is 2.91 bits per heavy atom. The van der Waals surface area contributed by atoms with Gasteiger partial charge in [0.05, 0.1) is 22.4 Å². The van der Waals surface area contributed by atoms with E-state index in [1.165, 1.54) is 0 Å². The van der Waals surface area contributed by atoms with Gasteiger partial charge in [0.15, 0.2) is 0 Å². The number of nitrogens with zero attached hydrogens (tertiary/aromatic N) is 4. The van der Waals surface area contributed by atoms with Crippen molar-refractivity contribution >= 4 is 16.9 Å². The number of rotatable bonds is 2. The number of nitrogens with one attached hydrogen (secondary N) is 1. The van der Waals surface area contributed by atoms with Crippen LogP contribution in [0.4, 0.5) is 5.82 Å². The summed E-state index contributed by atoms with van der Waals surface area (Å²) in [6.45, 7) is 6.01. The Hall–Kier alpha value is -2.43. The molecule has 2 aromatic heterocycles. The van der Waals surface area contributed by atoms with Crippen molar-refractivity contribution in [3.63, 3.8) is 0 Å². The lowest BCUT2D eigenvalue weighted by atomic mass is 9.97. The minimum atomic E-state index is 0.415. The number of piperidine rings is 1. The number of aromatic nitrogens is 4. The van der Waals surface area contributed by atoms with Crippen molar-refractivity contribution in [3.05, 3.63) is 47.7 Å². The third kappa shape index (κ3) is 2.67. The van der Waals surface area contributed by atoms with Crippen LogP contribution >= 0.6 is 0 Å². The number of anilines is 1. The molecule has 3 heterocycles. The number of H-pyrrole nitrogens is 1. The van der Waals surface area contributed by atoms with Gasteiger partial charge in [0.1, 0.15) is 11.6 Å². The second-order valence-corrected chi connectivity index (χ2v) is 6.34. The van der Waals surface area contributed by atoms with Crippen molar-refractivity contribution in [1.29, 1.82) is 0 Å². The van der Waals surface area contributed by atoms with Gasteiger partial charge in [0.25, 0.3) is 0 Å². The van der Waals surface area contributed by atoms with Crippen LogP contribution in [0.3, 0.4) is 0 Å². The SMILES string of the molecule is Cc1cnc(C)c(N2CCC[C@H](c3nc4ccccc4[nH]3)C2)n1. The number of fused-ring (bicyclic) bond motifs is 1. The van der Waals surface area contributed by atoms with Gasteiger partial charge in [-0.2, -0.15) is 0 Å². The van der Waals surface area contributed by atoms with Crippen LogP contribution in [0.5, 0.6) is 0 Å². The third-order valence-electron chi connectivity index (χ3n) is 4.57. The van der Waals surface area contributed by atoms with Crippen LogP contribution in [0.1, 0.15) is 36.0 Å². The molecule has 4 rings (SSSR count). The van der Waals surface area contributed by atoms with Gasteiger partial charge in [-0.1, -0.05) is 12.1 Å². The monoisotopic (exact) mass is 307 g/mol. The van der Waals surface area contributed by atoms with Crippen molar-refractivity contribution < 1.29 is 0 Å². The van der Waals surface area contributed by atoms with Crippen LogP contribution in [-0.2, 0) is 0 Å². The standard InChI is InChI=1S/C18H21N5/c1-12-10-19-13(2)18(20-12)23-9-5-6-14(11-23)17-21-15-7-3-4-8-16(15)22-17/h3-4,7-8,10,14H,5-6,9,11H2,1-2H3,(H,21,22)/t14-/m0/s1. The van der Waals surface area contributed by atoms with Gasteiger partial charge in [0, 0.05) is 25.2 Å². The predicted octanol–water partition coefficient (Wildman–Crippen LogP) is 3.35. The first kappa shape index (κ1) is 14.2. The summed E-state index contributed by atoms with van der Waals surface area (Å²) in [6, 6.07) is 8.23. The average molecular weight is 307 g/mol. The topological polar surface area (TPSA) is 57.7 Å². The highest BCUT2D eigenvalue weighted by atomic mass is 15.2. The second kappa shape index (κ2) is 5.65. The van der Waals surface area contributed by atoms with E-state index in [4.69, 9.17) is 9.97 Å². The summed E-state index contributed by atoms with van der Waals surface area (Å²) in [4.78, 5) is 19.8. The van der Waals surface area contributed by atoms with Crippen LogP contribution in [0.2, 0.25) is 0 Å². The molecule has 1 atom stereocenters. The summed E-state index contributed by atoms with van der Waals surface area (Å²) in [5.41, 5.74) is 4.13. The van der Waals surface area contributed by atoms with E-state index in [1.54, 1.807) is 0 Å². The zero-order chi connectivity index (χ0) is 15.8. The Bertz CT molecular complexity index is 805. The quantitative estimate of drug-likeness (QED) is 0.789. The summed E-state index contributed by atoms with van der Waals surface area (Å²) in [5, 5.41) is 0. The van der Waals surface area contributed by atoms with Gasteiger partial charge in [-0.15, -0.1) is 0 Å². The summed E-state index contributed by atoms with van der Waals surface area (Å²) >= 11 is 0. The fourth-order valence-corrected chi connectivity index (χ4v) is 3.38. The van der Waals surface area contributed by atoms with Gasteiger partial charge in [-0.05, 0) is 38.8 Å². The highest BCUT2D eigenvalue weighted by Gasteiger charge is 2.25. The molecule has 1 aliphatic heterocycles. The van der Waals surface area contributed by atoms with E-state index in [0.717, 1.165) is 60.0 Å². The molecule has 1 aromatic carbocycles. The summed E-state index contributed by atoms with van der Waals surface area (Å²) in [5.74, 6) is 2.53. The van der Waals surface area contributed by atoms with E-state index in [-0.39, 0.29) is 0 Å². The number of aromatic amines is 1. The maximum absolute atomic E-state index is 4.79. The van der Waals surface area contributed by atoms with E-state index in [9.17, 15) is 0 Å². The minimum absolute atomic E-state index is 0.415. The molecule has 118 valence electrons. The molecular weight excluding hydrogens is 286 g/mol. The Labute approximate surface area is 135 Å². The fraction of sp³-hybridized carbons (Fsp3) is 0.389. The molecule has 1 aliphatic rings. The number of benzene rings is 1. The largest absolute Gasteiger partial charge is 0.354 e. The van der Waals surface area contributed by atoms with Crippen LogP contribution in [0.15, 0.2) is 30.5 Å². The van der Waals surface area contributed by atoms with Gasteiger partial charge in [-0.25, -0.2) is 9.97 Å². The van der Waals surface area contributed by atoms with Gasteiger partial charge < -0.3 is 9.88 Å². The van der Waals surface area contributed by atoms with Crippen LogP contribution in [0, 0.1) is 13.8 Å². The Balaban J connectivity index is 1.62. The number of hydrogen-bond donors (Lipinski definition) is 1. The number of imidazole rings is 1. The molecule has 0 spiro atoms. The lowest BCUT2D eigenvalue weighted by Crippen LogP contribution is -2.36. The maximum Gasteiger partial charge on any atom is 0.150 e. The number of hydrogen-bond acceptors (Lipinski definition) is 4. The molecule has 5 heteroatoms. The van der Waals surface area contributed by atoms with E-state index >= 15 is 0 Å². The normalized spacial score (nSPS) is 18.5. The summed E-state index contributed by atoms with van der Waals surface area (Å²) in [6.07, 6.45) is 4.14. The summed E-state index contributed by atoms with van der Waals surface area (Å²) < 4.78 is 0. The lowest BCUT2D eigenvalue weighted by Gasteiger charge is -2.33. The Morgan fingerprint density at radius 2 is 2.04 bits per heavy atom. The molecule has 1 fully saturated rings. The molecule has 23 heavy (non-hydrogen) atoms. The van der Waals surface area contributed by atoms with E-state index < -0.39 is 0 Å². The summed E-state index contributed by atoms with van der Waals surface area (Å²) in [7, 11) is 0. The molecule has 1 saturated heterocycles. The highest BCUT2D eigenvalue weighted by molar-refractivity contribution is 5.74. The number of para-hydroxylation sites is 2. The zero-order valence-corrected chi connectivity index (χ0v) is 13.6. The molecule has 0 radical (unpaired) electrons. The van der Waals surface area contributed by atoms with Crippen molar-refractivity contribution in [3.8, 4) is 0 Å². The molecule has 3 aromatic rings. The van der Waals surface area contributed by atoms with E-state index in [1.807, 2.05) is 32.2 Å². The average Bonchev–Trinajstić information content (AvgIpc) is 3.01. The molecule has 5 nitrogen and oxygen atoms in total. The third-order valence-corrected chi connectivity index (χ3v) is 4.57. The fourth-order valence-electron chi connectivity index (χ4n) is 3.38. The molecule has 0 unspecified atom stereocenters. The molecule has 0 amide bonds. The van der Waals surface area contributed by atoms with E-state index in [0.29, 0.717) is 5.92 Å². The second-order valence-electron chi connectivity index (χ2n) is 6.34. The Morgan fingerprint density at radius 1 is 1.17 bits per heavy atom. The van der Waals surface area contributed by atoms with Gasteiger partial charge in [0.2, 0.25) is 0 Å². The van der Waals surface area contributed by atoms with Crippen molar-refractivity contribution in [2.24, 2.45) is 0 Å². The molecular formula is C18H21N5. The molecule has 0 bridgehead atoms. The maximum atomic E-state index is 4.79. The molecule has 0 aliphatic carbocycles. The first-order chi connectivity index (χ1) is 11.2. The first-order valence-corrected chi connectivity index (χ1v) is 8.20. The Kier molecular flexibility index (Phi) is 3.48. The van der Waals surface area contributed by atoms with Gasteiger partial charge >= 0.3 is 0 Å². The zero-order valence-electron chi connectivity index (χ0n) is 13.6. The number of aryl methyl sites for hydroxylation is 2. The van der Waals surface area contributed by atoms with Crippen LogP contribution < -0.4 is 4.90 Å². The van der Waals surface area contributed by atoms with Crippen molar-refractivity contribution in [1.82, 2.24) is 19.9 Å². The van der Waals surface area contributed by atoms with Crippen molar-refractivity contribution in [2.45, 2.75) is 32.6 Å². The minimum Gasteiger partial charge on any atom is -0.354 e. The van der Waals surface area contributed by atoms with E-state index in [2.05, 4.69) is 27.0 Å². The van der Waals surface area contributed by atoms with Crippen LogP contribution in [0.25, 0.3) is 11.0 Å². The highest BCUT2D eigenvalue weighted by Crippen LogP contribution is 2.29. The predicted molar refractivity (Wildman–Crippen MR) is 91.8 cm³/mol. The molecule has 0 saturated carbocycles. The van der Waals surface area contributed by atoms with Gasteiger partial charge in [-0.3, -0.25) is 4.98 Å². The van der Waals surface area contributed by atoms with Crippen LogP contribution in [-0.4, -0.2) is 33.0 Å². The first-order valence-electron chi connectivity index (χ1n) is 8.20. The van der Waals surface area contributed by atoms with Crippen molar-refractivity contribution in [2.75, 3.05) is 18.0 Å². The molecule has 1 N–H and O–H groups in total.